The van der Waals surface area contributed by atoms with Crippen molar-refractivity contribution in [3.63, 3.8) is 0 Å². The van der Waals surface area contributed by atoms with Gasteiger partial charge in [0.25, 0.3) is 0 Å². The third-order valence-corrected chi connectivity index (χ3v) is 8.06. The van der Waals surface area contributed by atoms with Gasteiger partial charge in [0.1, 0.15) is 5.82 Å². The summed E-state index contributed by atoms with van der Waals surface area (Å²) in [6, 6.07) is 11.5. The number of benzene rings is 3. The van der Waals surface area contributed by atoms with Crippen LogP contribution >= 0.6 is 0 Å². The van der Waals surface area contributed by atoms with Crippen LogP contribution in [0.2, 0.25) is 0 Å². The molecule has 0 amide bonds. The summed E-state index contributed by atoms with van der Waals surface area (Å²) in [5.74, 6) is -0.896. The van der Waals surface area contributed by atoms with Crippen molar-refractivity contribution in [1.29, 1.82) is 0 Å². The van der Waals surface area contributed by atoms with Gasteiger partial charge in [-0.15, -0.1) is 0 Å². The Bertz CT molecular complexity index is 1120. The van der Waals surface area contributed by atoms with E-state index in [0.29, 0.717) is 5.39 Å². The van der Waals surface area contributed by atoms with E-state index in [9.17, 15) is 8.78 Å². The van der Waals surface area contributed by atoms with Gasteiger partial charge in [0.2, 0.25) is 0 Å². The first-order chi connectivity index (χ1) is 17.5. The molecule has 1 saturated carbocycles. The molecule has 1 aliphatic rings. The lowest BCUT2D eigenvalue weighted by molar-refractivity contribution is 0.249. The number of unbranched alkanes of at least 4 members (excludes halogenated alkanes) is 4. The molecule has 0 spiro atoms. The van der Waals surface area contributed by atoms with E-state index in [-0.39, 0.29) is 11.1 Å². The highest BCUT2D eigenvalue weighted by atomic mass is 19.1. The van der Waals surface area contributed by atoms with Crippen molar-refractivity contribution in [2.75, 3.05) is 7.11 Å². The summed E-state index contributed by atoms with van der Waals surface area (Å²) >= 11 is 0. The van der Waals surface area contributed by atoms with Gasteiger partial charge in [0.15, 0.2) is 17.4 Å². The molecule has 194 valence electrons. The van der Waals surface area contributed by atoms with Crippen LogP contribution < -0.4 is 4.74 Å². The number of ether oxygens (including phenoxy) is 1. The Morgan fingerprint density at radius 1 is 0.778 bits per heavy atom. The van der Waals surface area contributed by atoms with E-state index in [0.717, 1.165) is 35.8 Å². The summed E-state index contributed by atoms with van der Waals surface area (Å²) in [6.45, 7) is 2.27. The smallest absolute Gasteiger partial charge is 0.190 e. The summed E-state index contributed by atoms with van der Waals surface area (Å²) in [5.41, 5.74) is 1.55. The number of hydrogen-bond donors (Lipinski definition) is 0. The molecule has 0 N–H and O–H groups in total. The maximum absolute atomic E-state index is 15.3. The molecule has 4 heteroatoms. The third-order valence-electron chi connectivity index (χ3n) is 8.06. The second-order valence-corrected chi connectivity index (χ2v) is 10.6. The minimum Gasteiger partial charge on any atom is -0.491 e. The molecule has 1 nitrogen and oxygen atoms in total. The van der Waals surface area contributed by atoms with E-state index in [1.54, 1.807) is 12.1 Å². The lowest BCUT2D eigenvalue weighted by Gasteiger charge is -2.28. The van der Waals surface area contributed by atoms with E-state index in [4.69, 9.17) is 4.74 Å². The molecule has 0 atom stereocenters. The lowest BCUT2D eigenvalue weighted by Crippen LogP contribution is -2.15. The molecule has 0 radical (unpaired) electrons. The van der Waals surface area contributed by atoms with E-state index in [1.807, 2.05) is 12.1 Å². The van der Waals surface area contributed by atoms with Crippen LogP contribution in [0, 0.1) is 29.3 Å². The minimum atomic E-state index is -0.844. The van der Waals surface area contributed by atoms with Crippen LogP contribution in [-0.4, -0.2) is 7.11 Å². The molecule has 0 heterocycles. The third kappa shape index (κ3) is 6.44. The zero-order chi connectivity index (χ0) is 25.5. The van der Waals surface area contributed by atoms with E-state index in [1.165, 1.54) is 83.3 Å². The van der Waals surface area contributed by atoms with E-state index < -0.39 is 23.2 Å². The fourth-order valence-corrected chi connectivity index (χ4v) is 5.85. The summed E-state index contributed by atoms with van der Waals surface area (Å²) in [6.07, 6.45) is 15.9. The predicted molar refractivity (Wildman–Crippen MR) is 143 cm³/mol. The molecule has 3 aromatic carbocycles. The number of rotatable bonds is 11. The van der Waals surface area contributed by atoms with Crippen molar-refractivity contribution >= 4 is 10.8 Å². The van der Waals surface area contributed by atoms with Crippen molar-refractivity contribution in [2.45, 2.75) is 84.0 Å². The Morgan fingerprint density at radius 2 is 1.44 bits per heavy atom. The molecule has 4 rings (SSSR count). The van der Waals surface area contributed by atoms with Crippen LogP contribution in [0.3, 0.4) is 0 Å². The fourth-order valence-electron chi connectivity index (χ4n) is 5.85. The molecule has 0 unspecified atom stereocenters. The summed E-state index contributed by atoms with van der Waals surface area (Å²) < 4.78 is 48.4. The minimum absolute atomic E-state index is 0.158. The van der Waals surface area contributed by atoms with Crippen LogP contribution in [0.25, 0.3) is 21.9 Å². The topological polar surface area (TPSA) is 9.23 Å². The number of hydrogen-bond acceptors (Lipinski definition) is 1. The van der Waals surface area contributed by atoms with Crippen molar-refractivity contribution < 1.29 is 17.9 Å². The number of aryl methyl sites for hydroxylation is 1. The number of halogens is 3. The Kier molecular flexibility index (Phi) is 9.34. The largest absolute Gasteiger partial charge is 0.491 e. The molecule has 0 saturated heterocycles. The highest BCUT2D eigenvalue weighted by molar-refractivity contribution is 5.88. The molecular formula is C32H39F3O. The normalized spacial score (nSPS) is 18.0. The van der Waals surface area contributed by atoms with Crippen LogP contribution in [-0.2, 0) is 6.42 Å². The Morgan fingerprint density at radius 3 is 2.11 bits per heavy atom. The fraction of sp³-hybridized carbons (Fsp3) is 0.500. The zero-order valence-electron chi connectivity index (χ0n) is 21.7. The SMILES string of the molecule is CCCCCCC[C@H]1CC[C@H](CCc2ccc3c(F)c(-c4cc(F)c(OC)c(F)c4)ccc3c2)CC1. The van der Waals surface area contributed by atoms with Crippen LogP contribution in [0.1, 0.15) is 83.1 Å². The van der Waals surface area contributed by atoms with Gasteiger partial charge in [-0.1, -0.05) is 101 Å². The first-order valence-corrected chi connectivity index (χ1v) is 13.7. The van der Waals surface area contributed by atoms with Crippen LogP contribution in [0.4, 0.5) is 13.2 Å². The molecule has 1 fully saturated rings. The zero-order valence-corrected chi connectivity index (χ0v) is 21.7. The summed E-state index contributed by atoms with van der Waals surface area (Å²) in [5, 5.41) is 1.28. The second kappa shape index (κ2) is 12.7. The van der Waals surface area contributed by atoms with Crippen molar-refractivity contribution in [1.82, 2.24) is 0 Å². The Balaban J connectivity index is 1.34. The van der Waals surface area contributed by atoms with Crippen molar-refractivity contribution in [3.8, 4) is 16.9 Å². The summed E-state index contributed by atoms with van der Waals surface area (Å²) in [4.78, 5) is 0. The molecule has 0 aliphatic heterocycles. The van der Waals surface area contributed by atoms with Crippen molar-refractivity contribution in [2.24, 2.45) is 11.8 Å². The van der Waals surface area contributed by atoms with Gasteiger partial charge in [0, 0.05) is 10.9 Å². The average Bonchev–Trinajstić information content (AvgIpc) is 2.88. The number of methoxy groups -OCH3 is 1. The molecule has 3 aromatic rings. The first-order valence-electron chi connectivity index (χ1n) is 13.7. The first kappa shape index (κ1) is 26.6. The van der Waals surface area contributed by atoms with Gasteiger partial charge in [-0.25, -0.2) is 13.2 Å². The van der Waals surface area contributed by atoms with Gasteiger partial charge >= 0.3 is 0 Å². The van der Waals surface area contributed by atoms with Crippen LogP contribution in [0.15, 0.2) is 42.5 Å². The van der Waals surface area contributed by atoms with Gasteiger partial charge in [-0.3, -0.25) is 0 Å². The molecule has 0 aromatic heterocycles. The standard InChI is InChI=1S/C32H39F3O/c1-3-4-5-6-7-8-22-9-11-23(12-10-22)13-14-24-15-17-27-25(19-24)16-18-28(31(27)35)26-20-29(33)32(36-2)30(34)21-26/h15-23H,3-14H2,1-2H3/t22-,23-. The molecule has 1 aliphatic carbocycles. The van der Waals surface area contributed by atoms with E-state index in [2.05, 4.69) is 13.0 Å². The maximum atomic E-state index is 15.3. The van der Waals surface area contributed by atoms with Gasteiger partial charge in [0.05, 0.1) is 7.11 Å². The molecule has 0 bridgehead atoms. The molecular weight excluding hydrogens is 457 g/mol. The Hall–Kier alpha value is -2.49. The van der Waals surface area contributed by atoms with E-state index >= 15 is 4.39 Å². The number of fused-ring (bicyclic) bond motifs is 1. The summed E-state index contributed by atoms with van der Waals surface area (Å²) in [7, 11) is 1.21. The van der Waals surface area contributed by atoms with Gasteiger partial charge in [-0.05, 0) is 53.3 Å². The maximum Gasteiger partial charge on any atom is 0.190 e. The van der Waals surface area contributed by atoms with Crippen molar-refractivity contribution in [3.05, 3.63) is 65.5 Å². The highest BCUT2D eigenvalue weighted by Gasteiger charge is 2.21. The monoisotopic (exact) mass is 496 g/mol. The second-order valence-electron chi connectivity index (χ2n) is 10.6. The Labute approximate surface area is 214 Å². The average molecular weight is 497 g/mol. The lowest BCUT2D eigenvalue weighted by atomic mass is 9.77. The highest BCUT2D eigenvalue weighted by Crippen LogP contribution is 2.36. The quantitative estimate of drug-likeness (QED) is 0.240. The molecule has 36 heavy (non-hydrogen) atoms. The predicted octanol–water partition coefficient (Wildman–Crippen LogP) is 10.0. The van der Waals surface area contributed by atoms with Crippen LogP contribution in [0.5, 0.6) is 5.75 Å². The van der Waals surface area contributed by atoms with Gasteiger partial charge < -0.3 is 4.74 Å². The van der Waals surface area contributed by atoms with Gasteiger partial charge in [-0.2, -0.15) is 0 Å².